The molecule has 104 valence electrons. The highest BCUT2D eigenvalue weighted by Gasteiger charge is 2.21. The fourth-order valence-corrected chi connectivity index (χ4v) is 2.77. The summed E-state index contributed by atoms with van der Waals surface area (Å²) in [5.41, 5.74) is 7.73. The first kappa shape index (κ1) is 13.7. The van der Waals surface area contributed by atoms with Gasteiger partial charge in [0.15, 0.2) is 0 Å². The minimum atomic E-state index is -0.393. The molecule has 4 nitrogen and oxygen atoms in total. The van der Waals surface area contributed by atoms with Gasteiger partial charge in [0.2, 0.25) is 0 Å². The first-order chi connectivity index (χ1) is 9.11. The van der Waals surface area contributed by atoms with Gasteiger partial charge in [0.25, 0.3) is 0 Å². The number of nitrogens with one attached hydrogen (secondary N) is 1. The number of benzene rings is 1. The lowest BCUT2D eigenvalue weighted by Crippen LogP contribution is -2.14. The molecule has 0 bridgehead atoms. The Hall–Kier alpha value is -1.71. The molecule has 0 aliphatic heterocycles. The number of anilines is 2. The summed E-state index contributed by atoms with van der Waals surface area (Å²) in [6, 6.07) is 5.41. The highest BCUT2D eigenvalue weighted by molar-refractivity contribution is 5.98. The number of nitrogen functional groups attached to an aromatic ring is 1. The second-order valence-corrected chi connectivity index (χ2v) is 5.42. The molecule has 1 saturated carbocycles. The van der Waals surface area contributed by atoms with E-state index in [1.807, 2.05) is 12.1 Å². The van der Waals surface area contributed by atoms with E-state index in [1.165, 1.54) is 26.4 Å². The zero-order chi connectivity index (χ0) is 13.8. The summed E-state index contributed by atoms with van der Waals surface area (Å²) in [6.07, 6.45) is 3.85. The first-order valence-electron chi connectivity index (χ1n) is 6.82. The van der Waals surface area contributed by atoms with Gasteiger partial charge in [-0.25, -0.2) is 4.79 Å². The van der Waals surface area contributed by atoms with E-state index in [4.69, 9.17) is 10.5 Å². The Kier molecular flexibility index (Phi) is 4.30. The number of hydrogen-bond donors (Lipinski definition) is 2. The molecule has 0 saturated heterocycles. The topological polar surface area (TPSA) is 64.3 Å². The van der Waals surface area contributed by atoms with Crippen LogP contribution in [-0.2, 0) is 4.74 Å². The molecule has 4 heteroatoms. The van der Waals surface area contributed by atoms with Gasteiger partial charge in [0.05, 0.1) is 24.0 Å². The van der Waals surface area contributed by atoms with Crippen molar-refractivity contribution in [3.63, 3.8) is 0 Å². The monoisotopic (exact) mass is 262 g/mol. The van der Waals surface area contributed by atoms with Crippen LogP contribution in [0.1, 0.15) is 36.5 Å². The molecule has 0 radical (unpaired) electrons. The molecule has 0 aromatic heterocycles. The largest absolute Gasteiger partial charge is 0.465 e. The highest BCUT2D eigenvalue weighted by Crippen LogP contribution is 2.31. The van der Waals surface area contributed by atoms with Crippen LogP contribution in [0.5, 0.6) is 0 Å². The number of rotatable bonds is 4. The third-order valence-corrected chi connectivity index (χ3v) is 3.90. The van der Waals surface area contributed by atoms with Crippen molar-refractivity contribution in [1.29, 1.82) is 0 Å². The number of carbonyl (C=O) groups excluding carboxylic acids is 1. The van der Waals surface area contributed by atoms with Crippen LogP contribution in [0.25, 0.3) is 0 Å². The van der Waals surface area contributed by atoms with Gasteiger partial charge >= 0.3 is 5.97 Å². The maximum atomic E-state index is 11.6. The van der Waals surface area contributed by atoms with Crippen LogP contribution in [-0.4, -0.2) is 19.6 Å². The fraction of sp³-hybridized carbons (Fsp3) is 0.533. The number of methoxy groups -OCH3 is 1. The third kappa shape index (κ3) is 3.19. The molecular formula is C15H22N2O2. The molecule has 19 heavy (non-hydrogen) atoms. The molecule has 1 aromatic rings. The summed E-state index contributed by atoms with van der Waals surface area (Å²) in [5.74, 6) is 1.14. The van der Waals surface area contributed by atoms with E-state index >= 15 is 0 Å². The van der Waals surface area contributed by atoms with Crippen LogP contribution in [0.15, 0.2) is 18.2 Å². The molecule has 0 spiro atoms. The second-order valence-electron chi connectivity index (χ2n) is 5.42. The predicted molar refractivity (Wildman–Crippen MR) is 77.2 cm³/mol. The van der Waals surface area contributed by atoms with Gasteiger partial charge in [-0.05, 0) is 36.8 Å². The van der Waals surface area contributed by atoms with E-state index in [1.54, 1.807) is 6.07 Å². The number of para-hydroxylation sites is 1. The molecular weight excluding hydrogens is 240 g/mol. The minimum absolute atomic E-state index is 0.393. The molecule has 0 heterocycles. The molecule has 2 atom stereocenters. The smallest absolute Gasteiger partial charge is 0.340 e. The van der Waals surface area contributed by atoms with E-state index < -0.39 is 5.97 Å². The summed E-state index contributed by atoms with van der Waals surface area (Å²) in [7, 11) is 1.36. The summed E-state index contributed by atoms with van der Waals surface area (Å²) >= 11 is 0. The molecule has 1 aliphatic carbocycles. The maximum absolute atomic E-state index is 11.6. The lowest BCUT2D eigenvalue weighted by molar-refractivity contribution is 0.0602. The standard InChI is InChI=1S/C15H22N2O2/c1-10-6-7-11(8-10)9-17-13-5-3-4-12(14(13)16)15(18)19-2/h3-5,10-11,17H,6-9,16H2,1-2H3. The summed E-state index contributed by atoms with van der Waals surface area (Å²) < 4.78 is 4.72. The number of esters is 1. The Labute approximate surface area is 114 Å². The van der Waals surface area contributed by atoms with Crippen LogP contribution >= 0.6 is 0 Å². The average Bonchev–Trinajstić information content (AvgIpc) is 2.82. The van der Waals surface area contributed by atoms with E-state index in [2.05, 4.69) is 12.2 Å². The van der Waals surface area contributed by atoms with Crippen LogP contribution < -0.4 is 11.1 Å². The van der Waals surface area contributed by atoms with Crippen LogP contribution in [0.4, 0.5) is 11.4 Å². The third-order valence-electron chi connectivity index (χ3n) is 3.90. The van der Waals surface area contributed by atoms with Crippen molar-refractivity contribution >= 4 is 17.3 Å². The quantitative estimate of drug-likeness (QED) is 0.647. The Bertz CT molecular complexity index is 459. The number of ether oxygens (including phenoxy) is 1. The van der Waals surface area contributed by atoms with Gasteiger partial charge in [-0.15, -0.1) is 0 Å². The van der Waals surface area contributed by atoms with Gasteiger partial charge < -0.3 is 15.8 Å². The van der Waals surface area contributed by atoms with Gasteiger partial charge in [-0.3, -0.25) is 0 Å². The van der Waals surface area contributed by atoms with Crippen molar-refractivity contribution in [1.82, 2.24) is 0 Å². The molecule has 0 amide bonds. The average molecular weight is 262 g/mol. The van der Waals surface area contributed by atoms with Crippen molar-refractivity contribution in [3.05, 3.63) is 23.8 Å². The van der Waals surface area contributed by atoms with Gasteiger partial charge in [0, 0.05) is 6.54 Å². The Balaban J connectivity index is 2.02. The minimum Gasteiger partial charge on any atom is -0.465 e. The first-order valence-corrected chi connectivity index (χ1v) is 6.82. The maximum Gasteiger partial charge on any atom is 0.340 e. The molecule has 1 aliphatic rings. The van der Waals surface area contributed by atoms with Crippen molar-refractivity contribution in [2.45, 2.75) is 26.2 Å². The van der Waals surface area contributed by atoms with Crippen molar-refractivity contribution < 1.29 is 9.53 Å². The van der Waals surface area contributed by atoms with Crippen LogP contribution in [0, 0.1) is 11.8 Å². The zero-order valence-corrected chi connectivity index (χ0v) is 11.6. The Morgan fingerprint density at radius 2 is 2.26 bits per heavy atom. The van der Waals surface area contributed by atoms with E-state index in [-0.39, 0.29) is 0 Å². The number of hydrogen-bond acceptors (Lipinski definition) is 4. The van der Waals surface area contributed by atoms with Gasteiger partial charge in [0.1, 0.15) is 0 Å². The number of nitrogens with two attached hydrogens (primary N) is 1. The molecule has 3 N–H and O–H groups in total. The summed E-state index contributed by atoms with van der Waals surface area (Å²) in [4.78, 5) is 11.6. The Morgan fingerprint density at radius 1 is 1.47 bits per heavy atom. The van der Waals surface area contributed by atoms with Crippen molar-refractivity contribution in [2.24, 2.45) is 11.8 Å². The zero-order valence-electron chi connectivity index (χ0n) is 11.6. The van der Waals surface area contributed by atoms with Crippen LogP contribution in [0.2, 0.25) is 0 Å². The normalized spacial score (nSPS) is 22.2. The number of carbonyl (C=O) groups is 1. The lowest BCUT2D eigenvalue weighted by atomic mass is 10.1. The Morgan fingerprint density at radius 3 is 2.89 bits per heavy atom. The SMILES string of the molecule is COC(=O)c1cccc(NCC2CCC(C)C2)c1N. The molecule has 1 aromatic carbocycles. The van der Waals surface area contributed by atoms with Crippen LogP contribution in [0.3, 0.4) is 0 Å². The molecule has 2 unspecified atom stereocenters. The van der Waals surface area contributed by atoms with E-state index in [0.717, 1.165) is 18.2 Å². The van der Waals surface area contributed by atoms with E-state index in [9.17, 15) is 4.79 Å². The molecule has 2 rings (SSSR count). The van der Waals surface area contributed by atoms with Crippen molar-refractivity contribution in [2.75, 3.05) is 24.7 Å². The van der Waals surface area contributed by atoms with E-state index in [0.29, 0.717) is 17.2 Å². The lowest BCUT2D eigenvalue weighted by Gasteiger charge is -2.15. The van der Waals surface area contributed by atoms with Gasteiger partial charge in [-0.2, -0.15) is 0 Å². The highest BCUT2D eigenvalue weighted by atomic mass is 16.5. The van der Waals surface area contributed by atoms with Crippen molar-refractivity contribution in [3.8, 4) is 0 Å². The predicted octanol–water partition coefficient (Wildman–Crippen LogP) is 2.90. The second kappa shape index (κ2) is 5.95. The molecule has 1 fully saturated rings. The summed E-state index contributed by atoms with van der Waals surface area (Å²) in [5, 5.41) is 3.36. The fourth-order valence-electron chi connectivity index (χ4n) is 2.77. The summed E-state index contributed by atoms with van der Waals surface area (Å²) in [6.45, 7) is 3.21. The van der Waals surface area contributed by atoms with Gasteiger partial charge in [-0.1, -0.05) is 19.4 Å².